The highest BCUT2D eigenvalue weighted by atomic mass is 16.2. The third-order valence-corrected chi connectivity index (χ3v) is 7.16. The molecular weight excluding hydrogens is 372 g/mol. The Kier molecular flexibility index (Phi) is 2.84. The van der Waals surface area contributed by atoms with Crippen molar-refractivity contribution < 1.29 is 9.59 Å². The third kappa shape index (κ3) is 1.91. The Labute approximate surface area is 172 Å². The summed E-state index contributed by atoms with van der Waals surface area (Å²) < 4.78 is 0. The van der Waals surface area contributed by atoms with Gasteiger partial charge in [0.1, 0.15) is 5.69 Å². The number of ketones is 1. The lowest BCUT2D eigenvalue weighted by Crippen LogP contribution is -2.33. The van der Waals surface area contributed by atoms with E-state index in [1.54, 1.807) is 6.08 Å². The van der Waals surface area contributed by atoms with Crippen LogP contribution in [0.15, 0.2) is 78.5 Å². The number of nitrogens with one attached hydrogen (secondary N) is 1. The highest BCUT2D eigenvalue weighted by Gasteiger charge is 2.67. The van der Waals surface area contributed by atoms with E-state index in [0.717, 1.165) is 44.9 Å². The van der Waals surface area contributed by atoms with Crippen LogP contribution in [0.3, 0.4) is 0 Å². The molecular formula is C26H18N2O2. The number of amides is 1. The van der Waals surface area contributed by atoms with Gasteiger partial charge >= 0.3 is 0 Å². The Morgan fingerprint density at radius 2 is 1.73 bits per heavy atom. The van der Waals surface area contributed by atoms with Crippen LogP contribution in [0.1, 0.15) is 32.8 Å². The van der Waals surface area contributed by atoms with E-state index in [9.17, 15) is 9.59 Å². The molecule has 2 aliphatic carbocycles. The summed E-state index contributed by atoms with van der Waals surface area (Å²) in [6, 6.07) is 22.2. The molecule has 2 fully saturated rings. The number of carbonyl (C=O) groups is 2. The Morgan fingerprint density at radius 1 is 0.967 bits per heavy atom. The molecule has 1 aromatic heterocycles. The van der Waals surface area contributed by atoms with Gasteiger partial charge in [0.2, 0.25) is 0 Å². The van der Waals surface area contributed by atoms with Gasteiger partial charge in [-0.05, 0) is 46.9 Å². The second kappa shape index (κ2) is 5.28. The average Bonchev–Trinajstić information content (AvgIpc) is 3.17. The van der Waals surface area contributed by atoms with E-state index >= 15 is 0 Å². The number of H-pyrrole nitrogens is 1. The van der Waals surface area contributed by atoms with Gasteiger partial charge < -0.3 is 9.88 Å². The molecule has 2 atom stereocenters. The molecule has 1 spiro atoms. The molecule has 30 heavy (non-hydrogen) atoms. The summed E-state index contributed by atoms with van der Waals surface area (Å²) in [5, 5.41) is 3.32. The molecule has 2 heterocycles. The zero-order valence-electron chi connectivity index (χ0n) is 16.2. The Bertz CT molecular complexity index is 1410. The fourth-order valence-corrected chi connectivity index (χ4v) is 5.66. The van der Waals surface area contributed by atoms with Crippen LogP contribution in [0.2, 0.25) is 0 Å². The normalized spacial score (nSPS) is 23.9. The molecule has 4 aromatic rings. The van der Waals surface area contributed by atoms with E-state index in [-0.39, 0.29) is 17.1 Å². The number of likely N-dealkylation sites (tertiary alicyclic amines) is 1. The van der Waals surface area contributed by atoms with Crippen LogP contribution < -0.4 is 0 Å². The van der Waals surface area contributed by atoms with Crippen LogP contribution in [0.4, 0.5) is 0 Å². The van der Waals surface area contributed by atoms with Gasteiger partial charge in [-0.3, -0.25) is 9.59 Å². The van der Waals surface area contributed by atoms with Crippen molar-refractivity contribution in [3.8, 4) is 0 Å². The molecule has 4 heteroatoms. The number of rotatable bonds is 1. The van der Waals surface area contributed by atoms with Crippen molar-refractivity contribution in [2.45, 2.75) is 11.8 Å². The van der Waals surface area contributed by atoms with Crippen LogP contribution in [-0.2, 0) is 5.41 Å². The first-order valence-electron chi connectivity index (χ1n) is 10.3. The highest BCUT2D eigenvalue weighted by Crippen LogP contribution is 2.66. The monoisotopic (exact) mass is 390 g/mol. The maximum Gasteiger partial charge on any atom is 0.274 e. The molecule has 1 amide bonds. The summed E-state index contributed by atoms with van der Waals surface area (Å²) in [7, 11) is 0. The van der Waals surface area contributed by atoms with Crippen LogP contribution >= 0.6 is 0 Å². The van der Waals surface area contributed by atoms with E-state index in [0.29, 0.717) is 18.2 Å². The molecule has 1 saturated carbocycles. The molecule has 3 aliphatic rings. The van der Waals surface area contributed by atoms with Crippen LogP contribution in [0.5, 0.6) is 0 Å². The summed E-state index contributed by atoms with van der Waals surface area (Å²) >= 11 is 0. The standard InChI is InChI=1S/C26H18N2O2/c29-23-12-24-26(20-8-4-3-7-19(20)23)13-18(26)14-28(24)25(30)22-11-17-9-15-5-1-2-6-16(15)10-21(17)27-22/h1-12,18,27H,13-14H2/t18-,26-/m1/s1. The second-order valence-electron chi connectivity index (χ2n) is 8.70. The SMILES string of the molecule is O=C1C=C2N(C(=O)c3cc4cc5ccccc5cc4[nH]3)C[C@H]3C[C@@]23c2ccccc21. The van der Waals surface area contributed by atoms with Crippen LogP contribution in [-0.4, -0.2) is 28.1 Å². The molecule has 1 saturated heterocycles. The number of aromatic amines is 1. The summed E-state index contributed by atoms with van der Waals surface area (Å²) in [5.41, 5.74) is 4.14. The van der Waals surface area contributed by atoms with E-state index in [1.807, 2.05) is 41.3 Å². The first-order valence-corrected chi connectivity index (χ1v) is 10.3. The van der Waals surface area contributed by atoms with Gasteiger partial charge in [0.25, 0.3) is 5.91 Å². The smallest absolute Gasteiger partial charge is 0.274 e. The molecule has 1 N–H and O–H groups in total. The van der Waals surface area contributed by atoms with Gasteiger partial charge in [-0.1, -0.05) is 48.5 Å². The highest BCUT2D eigenvalue weighted by molar-refractivity contribution is 6.10. The molecule has 3 aromatic carbocycles. The number of piperidine rings is 1. The average molecular weight is 390 g/mol. The second-order valence-corrected chi connectivity index (χ2v) is 8.70. The zero-order valence-corrected chi connectivity index (χ0v) is 16.2. The zero-order chi connectivity index (χ0) is 20.0. The van der Waals surface area contributed by atoms with Gasteiger partial charge in [0.05, 0.1) is 0 Å². The van der Waals surface area contributed by atoms with E-state index < -0.39 is 0 Å². The van der Waals surface area contributed by atoms with Crippen molar-refractivity contribution in [3.63, 3.8) is 0 Å². The Balaban J connectivity index is 1.32. The number of benzene rings is 3. The van der Waals surface area contributed by atoms with Gasteiger partial charge in [-0.15, -0.1) is 0 Å². The number of nitrogens with zero attached hydrogens (tertiary/aromatic N) is 1. The predicted octanol–water partition coefficient (Wildman–Crippen LogP) is 4.82. The molecule has 0 radical (unpaired) electrons. The maximum absolute atomic E-state index is 13.5. The first-order chi connectivity index (χ1) is 14.6. The lowest BCUT2D eigenvalue weighted by Gasteiger charge is -2.29. The minimum absolute atomic E-state index is 0.000489. The number of allylic oxidation sites excluding steroid dienone is 2. The Morgan fingerprint density at radius 3 is 2.60 bits per heavy atom. The Hall–Kier alpha value is -3.66. The number of carbonyl (C=O) groups excluding carboxylic acids is 2. The van der Waals surface area contributed by atoms with E-state index in [2.05, 4.69) is 35.3 Å². The first kappa shape index (κ1) is 16.2. The molecule has 0 unspecified atom stereocenters. The topological polar surface area (TPSA) is 53.2 Å². The van der Waals surface area contributed by atoms with Crippen molar-refractivity contribution in [1.82, 2.24) is 9.88 Å². The minimum atomic E-state index is -0.152. The largest absolute Gasteiger partial charge is 0.350 e. The third-order valence-electron chi connectivity index (χ3n) is 7.16. The maximum atomic E-state index is 13.5. The van der Waals surface area contributed by atoms with Crippen molar-refractivity contribution in [1.29, 1.82) is 0 Å². The quantitative estimate of drug-likeness (QED) is 0.507. The van der Waals surface area contributed by atoms with Crippen molar-refractivity contribution in [3.05, 3.63) is 95.3 Å². The molecule has 144 valence electrons. The van der Waals surface area contributed by atoms with Gasteiger partial charge in [0.15, 0.2) is 5.78 Å². The lowest BCUT2D eigenvalue weighted by molar-refractivity contribution is 0.0806. The van der Waals surface area contributed by atoms with E-state index in [1.165, 1.54) is 0 Å². The number of hydrogen-bond acceptors (Lipinski definition) is 2. The van der Waals surface area contributed by atoms with E-state index in [4.69, 9.17) is 0 Å². The van der Waals surface area contributed by atoms with Crippen molar-refractivity contribution >= 4 is 33.4 Å². The van der Waals surface area contributed by atoms with Gasteiger partial charge in [0, 0.05) is 40.2 Å². The molecule has 4 nitrogen and oxygen atoms in total. The minimum Gasteiger partial charge on any atom is -0.350 e. The fraction of sp³-hybridized carbons (Fsp3) is 0.154. The number of aromatic nitrogens is 1. The van der Waals surface area contributed by atoms with Crippen LogP contribution in [0, 0.1) is 5.92 Å². The van der Waals surface area contributed by atoms with Gasteiger partial charge in [-0.25, -0.2) is 0 Å². The van der Waals surface area contributed by atoms with Gasteiger partial charge in [-0.2, -0.15) is 0 Å². The summed E-state index contributed by atoms with van der Waals surface area (Å²) in [6.45, 7) is 0.670. The summed E-state index contributed by atoms with van der Waals surface area (Å²) in [4.78, 5) is 31.4. The molecule has 0 bridgehead atoms. The summed E-state index contributed by atoms with van der Waals surface area (Å²) in [6.07, 6.45) is 2.72. The fourth-order valence-electron chi connectivity index (χ4n) is 5.66. The van der Waals surface area contributed by atoms with Crippen molar-refractivity contribution in [2.24, 2.45) is 5.92 Å². The van der Waals surface area contributed by atoms with Crippen molar-refractivity contribution in [2.75, 3.05) is 6.54 Å². The lowest BCUT2D eigenvalue weighted by atomic mass is 9.81. The number of hydrogen-bond donors (Lipinski definition) is 1. The molecule has 1 aliphatic heterocycles. The predicted molar refractivity (Wildman–Crippen MR) is 115 cm³/mol. The van der Waals surface area contributed by atoms with Crippen LogP contribution in [0.25, 0.3) is 21.7 Å². The summed E-state index contributed by atoms with van der Waals surface area (Å²) in [5.74, 6) is 0.341. The number of fused-ring (bicyclic) bond motifs is 3. The molecule has 7 rings (SSSR count).